The number of thiophene rings is 1. The van der Waals surface area contributed by atoms with Gasteiger partial charge in [-0.25, -0.2) is 9.59 Å². The van der Waals surface area contributed by atoms with Crippen LogP contribution in [0.3, 0.4) is 0 Å². The Hall–Kier alpha value is -2.34. The van der Waals surface area contributed by atoms with Gasteiger partial charge in [0.15, 0.2) is 0 Å². The number of urea groups is 1. The second-order valence-electron chi connectivity index (χ2n) is 5.92. The predicted molar refractivity (Wildman–Crippen MR) is 88.6 cm³/mol. The second-order valence-corrected chi connectivity index (χ2v) is 6.94. The highest BCUT2D eigenvalue weighted by Gasteiger charge is 2.30. The van der Waals surface area contributed by atoms with Gasteiger partial charge in [0.2, 0.25) is 0 Å². The van der Waals surface area contributed by atoms with Gasteiger partial charge in [-0.2, -0.15) is 0 Å². The molecule has 0 spiro atoms. The summed E-state index contributed by atoms with van der Waals surface area (Å²) in [5.41, 5.74) is 6.78. The van der Waals surface area contributed by atoms with Crippen LogP contribution in [0.4, 0.5) is 10.5 Å². The summed E-state index contributed by atoms with van der Waals surface area (Å²) in [6, 6.07) is 8.61. The molecule has 0 aliphatic heterocycles. The molecule has 1 aromatic carbocycles. The van der Waals surface area contributed by atoms with Crippen LogP contribution in [0.2, 0.25) is 0 Å². The standard InChI is InChI=1S/C16H18N2O3S/c1-16(2,3)13-10(9-7-5-4-6-8-9)11(18-15(17)21)12(22-13)14(19)20/h4-8H,1-3H3,(H,19,20)(H3,17,18,21). The lowest BCUT2D eigenvalue weighted by atomic mass is 9.88. The lowest BCUT2D eigenvalue weighted by Crippen LogP contribution is -2.21. The number of carbonyl (C=O) groups is 2. The van der Waals surface area contributed by atoms with E-state index in [1.54, 1.807) is 0 Å². The van der Waals surface area contributed by atoms with Gasteiger partial charge in [-0.05, 0) is 11.0 Å². The summed E-state index contributed by atoms with van der Waals surface area (Å²) in [5, 5.41) is 11.9. The largest absolute Gasteiger partial charge is 0.477 e. The predicted octanol–water partition coefficient (Wildman–Crippen LogP) is 3.90. The highest BCUT2D eigenvalue weighted by molar-refractivity contribution is 7.15. The number of aromatic carboxylic acids is 1. The van der Waals surface area contributed by atoms with Crippen molar-refractivity contribution in [3.05, 3.63) is 40.1 Å². The highest BCUT2D eigenvalue weighted by Crippen LogP contribution is 2.46. The fraction of sp³-hybridized carbons (Fsp3) is 0.250. The molecule has 0 radical (unpaired) electrons. The average Bonchev–Trinajstić information content (AvgIpc) is 2.78. The number of nitrogens with one attached hydrogen (secondary N) is 1. The van der Waals surface area contributed by atoms with E-state index in [0.29, 0.717) is 5.56 Å². The number of primary amides is 1. The molecule has 0 saturated carbocycles. The lowest BCUT2D eigenvalue weighted by molar-refractivity contribution is 0.0703. The van der Waals surface area contributed by atoms with Crippen molar-refractivity contribution in [2.24, 2.45) is 5.73 Å². The van der Waals surface area contributed by atoms with E-state index >= 15 is 0 Å². The van der Waals surface area contributed by atoms with Gasteiger partial charge in [0, 0.05) is 10.4 Å². The van der Waals surface area contributed by atoms with Crippen molar-refractivity contribution < 1.29 is 14.7 Å². The lowest BCUT2D eigenvalue weighted by Gasteiger charge is -2.19. The third-order valence-electron chi connectivity index (χ3n) is 3.09. The summed E-state index contributed by atoms with van der Waals surface area (Å²) in [5.74, 6) is -1.08. The first kappa shape index (κ1) is 16.0. The summed E-state index contributed by atoms with van der Waals surface area (Å²) in [6.45, 7) is 6.01. The number of benzene rings is 1. The van der Waals surface area contributed by atoms with E-state index in [4.69, 9.17) is 5.73 Å². The van der Waals surface area contributed by atoms with Gasteiger partial charge in [0.25, 0.3) is 0 Å². The molecule has 116 valence electrons. The Morgan fingerprint density at radius 2 is 1.77 bits per heavy atom. The molecular weight excluding hydrogens is 300 g/mol. The van der Waals surface area contributed by atoms with Gasteiger partial charge in [0.05, 0.1) is 5.69 Å². The fourth-order valence-corrected chi connectivity index (χ4v) is 3.41. The Morgan fingerprint density at radius 1 is 1.18 bits per heavy atom. The Bertz CT molecular complexity index is 715. The molecule has 0 unspecified atom stereocenters. The van der Waals surface area contributed by atoms with Crippen LogP contribution in [-0.4, -0.2) is 17.1 Å². The SMILES string of the molecule is CC(C)(C)c1sc(C(=O)O)c(NC(N)=O)c1-c1ccccc1. The van der Waals surface area contributed by atoms with Crippen molar-refractivity contribution in [1.82, 2.24) is 0 Å². The summed E-state index contributed by atoms with van der Waals surface area (Å²) >= 11 is 1.17. The molecule has 2 amide bonds. The first-order valence-corrected chi connectivity index (χ1v) is 7.56. The van der Waals surface area contributed by atoms with Crippen molar-refractivity contribution in [1.29, 1.82) is 0 Å². The smallest absolute Gasteiger partial charge is 0.348 e. The average molecular weight is 318 g/mol. The number of hydrogen-bond donors (Lipinski definition) is 3. The van der Waals surface area contributed by atoms with Crippen LogP contribution in [0.25, 0.3) is 11.1 Å². The Kier molecular flexibility index (Phi) is 4.23. The van der Waals surface area contributed by atoms with Gasteiger partial charge in [-0.3, -0.25) is 0 Å². The van der Waals surface area contributed by atoms with Gasteiger partial charge < -0.3 is 16.2 Å². The monoisotopic (exact) mass is 318 g/mol. The zero-order chi connectivity index (χ0) is 16.5. The third-order valence-corrected chi connectivity index (χ3v) is 4.70. The molecule has 5 nitrogen and oxygen atoms in total. The van der Waals surface area contributed by atoms with Crippen LogP contribution in [0.1, 0.15) is 35.3 Å². The molecule has 22 heavy (non-hydrogen) atoms. The number of carbonyl (C=O) groups excluding carboxylic acids is 1. The number of carboxylic acid groups (broad SMARTS) is 1. The molecule has 2 rings (SSSR count). The first-order chi connectivity index (χ1) is 10.2. The molecule has 0 aliphatic carbocycles. The van der Waals surface area contributed by atoms with Crippen molar-refractivity contribution in [3.63, 3.8) is 0 Å². The number of anilines is 1. The number of rotatable bonds is 3. The molecule has 1 heterocycles. The summed E-state index contributed by atoms with van der Waals surface area (Å²) in [7, 11) is 0. The number of amides is 2. The van der Waals surface area contributed by atoms with Gasteiger partial charge >= 0.3 is 12.0 Å². The van der Waals surface area contributed by atoms with E-state index in [1.165, 1.54) is 11.3 Å². The molecule has 0 atom stereocenters. The first-order valence-electron chi connectivity index (χ1n) is 6.74. The van der Waals surface area contributed by atoms with Gasteiger partial charge in [0.1, 0.15) is 4.88 Å². The van der Waals surface area contributed by atoms with Crippen molar-refractivity contribution in [3.8, 4) is 11.1 Å². The van der Waals surface area contributed by atoms with E-state index in [2.05, 4.69) is 5.32 Å². The van der Waals surface area contributed by atoms with Crippen molar-refractivity contribution in [2.75, 3.05) is 5.32 Å². The molecule has 1 aromatic heterocycles. The Labute approximate surface area is 132 Å². The Balaban J connectivity index is 2.81. The quantitative estimate of drug-likeness (QED) is 0.801. The molecule has 0 bridgehead atoms. The minimum absolute atomic E-state index is 0.0857. The van der Waals surface area contributed by atoms with E-state index in [-0.39, 0.29) is 16.0 Å². The van der Waals surface area contributed by atoms with Crippen molar-refractivity contribution in [2.45, 2.75) is 26.2 Å². The van der Waals surface area contributed by atoms with Crippen LogP contribution in [0.15, 0.2) is 30.3 Å². The maximum atomic E-state index is 11.5. The molecular formula is C16H18N2O3S. The highest BCUT2D eigenvalue weighted by atomic mass is 32.1. The molecule has 6 heteroatoms. The molecule has 0 aliphatic rings. The van der Waals surface area contributed by atoms with E-state index < -0.39 is 12.0 Å². The van der Waals surface area contributed by atoms with Crippen LogP contribution in [0, 0.1) is 0 Å². The van der Waals surface area contributed by atoms with E-state index in [9.17, 15) is 14.7 Å². The van der Waals surface area contributed by atoms with Crippen LogP contribution in [0.5, 0.6) is 0 Å². The van der Waals surface area contributed by atoms with E-state index in [0.717, 1.165) is 10.4 Å². The summed E-state index contributed by atoms with van der Waals surface area (Å²) in [6.07, 6.45) is 0. The Morgan fingerprint density at radius 3 is 2.23 bits per heavy atom. The van der Waals surface area contributed by atoms with Crippen LogP contribution >= 0.6 is 11.3 Å². The number of nitrogens with two attached hydrogens (primary N) is 1. The van der Waals surface area contributed by atoms with Crippen LogP contribution < -0.4 is 11.1 Å². The zero-order valence-electron chi connectivity index (χ0n) is 12.6. The maximum Gasteiger partial charge on any atom is 0.348 e. The molecule has 0 fully saturated rings. The van der Waals surface area contributed by atoms with Gasteiger partial charge in [-0.15, -0.1) is 11.3 Å². The summed E-state index contributed by atoms with van der Waals surface area (Å²) in [4.78, 5) is 23.8. The molecule has 2 aromatic rings. The number of carboxylic acids is 1. The van der Waals surface area contributed by atoms with Crippen LogP contribution in [-0.2, 0) is 5.41 Å². The maximum absolute atomic E-state index is 11.5. The normalized spacial score (nSPS) is 11.2. The molecule has 0 saturated heterocycles. The van der Waals surface area contributed by atoms with Gasteiger partial charge in [-0.1, -0.05) is 51.1 Å². The fourth-order valence-electron chi connectivity index (χ4n) is 2.23. The third kappa shape index (κ3) is 3.12. The topological polar surface area (TPSA) is 92.4 Å². The summed E-state index contributed by atoms with van der Waals surface area (Å²) < 4.78 is 0. The minimum atomic E-state index is -1.08. The minimum Gasteiger partial charge on any atom is -0.477 e. The second kappa shape index (κ2) is 5.81. The number of hydrogen-bond acceptors (Lipinski definition) is 3. The van der Waals surface area contributed by atoms with Crippen molar-refractivity contribution >= 4 is 29.0 Å². The molecule has 4 N–H and O–H groups in total. The van der Waals surface area contributed by atoms with E-state index in [1.807, 2.05) is 51.1 Å². The zero-order valence-corrected chi connectivity index (χ0v) is 13.5.